The van der Waals surface area contributed by atoms with Crippen LogP contribution < -0.4 is 13.7 Å². The smallest absolute Gasteiger partial charge is 0.181 e. The van der Waals surface area contributed by atoms with Gasteiger partial charge in [0, 0.05) is 47.3 Å². The Bertz CT molecular complexity index is 2080. The zero-order valence-corrected chi connectivity index (χ0v) is 27.3. The van der Waals surface area contributed by atoms with E-state index in [0.29, 0.717) is 0 Å². The van der Waals surface area contributed by atoms with Gasteiger partial charge in [0.15, 0.2) is 18.0 Å². The molecule has 1 fully saturated rings. The summed E-state index contributed by atoms with van der Waals surface area (Å²) in [6, 6.07) is 35.0. The molecule has 5 heterocycles. The van der Waals surface area contributed by atoms with Gasteiger partial charge >= 0.3 is 0 Å². The van der Waals surface area contributed by atoms with Crippen molar-refractivity contribution in [2.24, 2.45) is 0 Å². The Labute approximate surface area is 266 Å². The molecular weight excluding hydrogens is 552 g/mol. The summed E-state index contributed by atoms with van der Waals surface area (Å²) < 4.78 is 10.6. The molecule has 0 spiro atoms. The van der Waals surface area contributed by atoms with Crippen LogP contribution in [0.15, 0.2) is 103 Å². The molecule has 6 aromatic rings. The van der Waals surface area contributed by atoms with Crippen molar-refractivity contribution < 1.29 is 4.74 Å². The molecule has 5 nitrogen and oxygen atoms in total. The van der Waals surface area contributed by atoms with E-state index in [4.69, 9.17) is 9.72 Å². The van der Waals surface area contributed by atoms with Gasteiger partial charge in [-0.15, -0.1) is 0 Å². The molecule has 45 heavy (non-hydrogen) atoms. The molecule has 0 unspecified atom stereocenters. The largest absolute Gasteiger partial charge is 0.457 e. The minimum Gasteiger partial charge on any atom is -0.457 e. The van der Waals surface area contributed by atoms with Gasteiger partial charge in [-0.3, -0.25) is 9.05 Å². The number of rotatable bonds is 4. The molecule has 1 saturated heterocycles. The summed E-state index contributed by atoms with van der Waals surface area (Å²) in [6.45, 7) is 17.2. The van der Waals surface area contributed by atoms with E-state index in [-0.39, 0.29) is 10.8 Å². The summed E-state index contributed by atoms with van der Waals surface area (Å²) in [5, 5.41) is 2.34. The highest BCUT2D eigenvalue weighted by Crippen LogP contribution is 2.61. The van der Waals surface area contributed by atoms with Crippen LogP contribution in [-0.2, 0) is 10.8 Å². The highest BCUT2D eigenvalue weighted by atomic mass is 16.5. The number of para-hydroxylation sites is 1. The predicted octanol–water partition coefficient (Wildman–Crippen LogP) is 10.2. The summed E-state index contributed by atoms with van der Waals surface area (Å²) in [4.78, 5) is 4.78. The van der Waals surface area contributed by atoms with Crippen molar-refractivity contribution >= 4 is 39.0 Å². The van der Waals surface area contributed by atoms with E-state index in [2.05, 4.69) is 145 Å². The van der Waals surface area contributed by atoms with Gasteiger partial charge in [-0.05, 0) is 58.4 Å². The maximum Gasteiger partial charge on any atom is 0.181 e. The second kappa shape index (κ2) is 9.29. The van der Waals surface area contributed by atoms with Crippen LogP contribution in [0.5, 0.6) is 11.5 Å². The SMILES string of the molecule is CC(C)(C)c1cc(Oc2cccc(-n3c4ccccc4c4cccnc43)c2)cc([N@@+]23[CH-][N@@+](C)(C2)c2ccc(C(C)(C)C)cc23)c1. The Hall–Kier alpha value is -4.45. The average Bonchev–Trinajstić information content (AvgIpc) is 3.55. The predicted molar refractivity (Wildman–Crippen MR) is 187 cm³/mol. The molecule has 0 aliphatic carbocycles. The molecule has 4 aromatic carbocycles. The summed E-state index contributed by atoms with van der Waals surface area (Å²) >= 11 is 0. The fourth-order valence-electron chi connectivity index (χ4n) is 7.37. The van der Waals surface area contributed by atoms with Crippen molar-refractivity contribution in [2.45, 2.75) is 52.4 Å². The van der Waals surface area contributed by atoms with Crippen molar-refractivity contribution in [3.63, 3.8) is 0 Å². The van der Waals surface area contributed by atoms with Gasteiger partial charge in [-0.25, -0.2) is 4.98 Å². The third-order valence-electron chi connectivity index (χ3n) is 9.75. The quantitative estimate of drug-likeness (QED) is 0.150. The number of nitrogens with zero attached hydrogens (tertiary/aromatic N) is 4. The van der Waals surface area contributed by atoms with Crippen LogP contribution >= 0.6 is 0 Å². The third-order valence-corrected chi connectivity index (χ3v) is 9.75. The number of aromatic nitrogens is 2. The molecule has 0 saturated carbocycles. The lowest BCUT2D eigenvalue weighted by atomic mass is 9.86. The van der Waals surface area contributed by atoms with E-state index in [1.54, 1.807) is 0 Å². The first-order valence-corrected chi connectivity index (χ1v) is 15.9. The van der Waals surface area contributed by atoms with E-state index in [1.807, 2.05) is 18.3 Å². The second-order valence-corrected chi connectivity index (χ2v) is 15.1. The second-order valence-electron chi connectivity index (χ2n) is 15.1. The van der Waals surface area contributed by atoms with Gasteiger partial charge < -0.3 is 9.22 Å². The molecule has 0 N–H and O–H groups in total. The first-order chi connectivity index (χ1) is 21.4. The standard InChI is InChI=1S/C40H41N4O/c1-39(2,3)27-17-18-36-37(22-27)44(25-43(36,7)26-44)30-20-28(40(4,5)6)21-32(24-30)45-31-13-10-12-29(23-31)42-35-16-9-8-14-33(35)34-15-11-19-41-38(34)42/h8-25H,26H2,1-7H3/q+1/t43-,44+/m0/s1. The van der Waals surface area contributed by atoms with E-state index in [1.165, 1.54) is 33.6 Å². The molecule has 226 valence electrons. The van der Waals surface area contributed by atoms with Crippen molar-refractivity contribution in [2.75, 3.05) is 13.7 Å². The Morgan fingerprint density at radius 1 is 0.711 bits per heavy atom. The summed E-state index contributed by atoms with van der Waals surface area (Å²) in [5.41, 5.74) is 9.79. The number of ether oxygens (including phenoxy) is 1. The van der Waals surface area contributed by atoms with Crippen LogP contribution in [0.4, 0.5) is 17.1 Å². The van der Waals surface area contributed by atoms with E-state index in [9.17, 15) is 0 Å². The van der Waals surface area contributed by atoms with Crippen molar-refractivity contribution in [1.29, 1.82) is 0 Å². The van der Waals surface area contributed by atoms with Gasteiger partial charge in [-0.2, -0.15) is 0 Å². The number of fused-ring (bicyclic) bond motifs is 3. The van der Waals surface area contributed by atoms with Gasteiger partial charge in [-0.1, -0.05) is 71.9 Å². The first-order valence-electron chi connectivity index (χ1n) is 15.9. The van der Waals surface area contributed by atoms with E-state index < -0.39 is 0 Å². The van der Waals surface area contributed by atoms with E-state index >= 15 is 0 Å². The van der Waals surface area contributed by atoms with Crippen LogP contribution in [0.3, 0.4) is 0 Å². The minimum absolute atomic E-state index is 0.0399. The molecular formula is C40H41N4O+. The normalized spacial score (nSPS) is 20.8. The van der Waals surface area contributed by atoms with Crippen LogP contribution in [0.1, 0.15) is 52.7 Å². The Kier molecular flexibility index (Phi) is 5.79. The molecule has 2 aromatic heterocycles. The zero-order chi connectivity index (χ0) is 31.4. The van der Waals surface area contributed by atoms with Crippen molar-refractivity contribution in [3.05, 3.63) is 121 Å². The van der Waals surface area contributed by atoms with Crippen molar-refractivity contribution in [3.8, 4) is 17.2 Å². The van der Waals surface area contributed by atoms with E-state index in [0.717, 1.165) is 49.4 Å². The van der Waals surface area contributed by atoms with Crippen LogP contribution in [-0.4, -0.2) is 23.3 Å². The molecule has 2 atom stereocenters. The summed E-state index contributed by atoms with van der Waals surface area (Å²) in [7, 11) is 2.32. The molecule has 9 rings (SSSR count). The maximum atomic E-state index is 6.77. The fourth-order valence-corrected chi connectivity index (χ4v) is 7.37. The zero-order valence-electron chi connectivity index (χ0n) is 27.3. The number of hydrogen-bond acceptors (Lipinski definition) is 2. The van der Waals surface area contributed by atoms with Gasteiger partial charge in [0.1, 0.15) is 22.8 Å². The Morgan fingerprint density at radius 3 is 2.24 bits per heavy atom. The molecule has 5 heteroatoms. The first kappa shape index (κ1) is 28.1. The van der Waals surface area contributed by atoms with Crippen LogP contribution in [0.2, 0.25) is 0 Å². The highest BCUT2D eigenvalue weighted by Gasteiger charge is 2.59. The number of pyridine rings is 1. The molecule has 2 bridgehead atoms. The highest BCUT2D eigenvalue weighted by molar-refractivity contribution is 6.07. The lowest BCUT2D eigenvalue weighted by Gasteiger charge is -2.55. The summed E-state index contributed by atoms with van der Waals surface area (Å²) in [5.74, 6) is 1.66. The molecule has 0 amide bonds. The van der Waals surface area contributed by atoms with Gasteiger partial charge in [0.05, 0.1) is 24.9 Å². The number of hydrogen-bond donors (Lipinski definition) is 0. The Balaban J connectivity index is 1.23. The van der Waals surface area contributed by atoms with Gasteiger partial charge in [0.25, 0.3) is 0 Å². The monoisotopic (exact) mass is 593 g/mol. The fraction of sp³-hybridized carbons (Fsp3) is 0.250. The number of quaternary nitrogens is 2. The lowest BCUT2D eigenvalue weighted by Crippen LogP contribution is -2.68. The Morgan fingerprint density at radius 2 is 1.47 bits per heavy atom. The minimum atomic E-state index is -0.0399. The molecule has 0 radical (unpaired) electrons. The van der Waals surface area contributed by atoms with Crippen molar-refractivity contribution in [1.82, 2.24) is 18.5 Å². The average molecular weight is 594 g/mol. The summed E-state index contributed by atoms with van der Waals surface area (Å²) in [6.07, 6.45) is 1.86. The topological polar surface area (TPSA) is 27.1 Å². The van der Waals surface area contributed by atoms with Crippen LogP contribution in [0, 0.1) is 6.67 Å². The van der Waals surface area contributed by atoms with Crippen LogP contribution in [0.25, 0.3) is 27.6 Å². The van der Waals surface area contributed by atoms with Gasteiger partial charge in [0.2, 0.25) is 0 Å². The maximum absolute atomic E-state index is 6.77. The third kappa shape index (κ3) is 4.25. The number of benzene rings is 4. The molecule has 3 aliphatic heterocycles. The molecule has 3 aliphatic rings. The lowest BCUT2D eigenvalue weighted by molar-refractivity contribution is 0.157.